The summed E-state index contributed by atoms with van der Waals surface area (Å²) in [7, 11) is 0. The molecule has 3 heteroatoms. The Morgan fingerprint density at radius 2 is 1.93 bits per heavy atom. The number of carbonyl (C=O) groups is 2. The maximum Gasteiger partial charge on any atom is 0.311 e. The van der Waals surface area contributed by atoms with E-state index in [9.17, 15) is 9.59 Å². The number of ether oxygens (including phenoxy) is 1. The molecule has 0 aromatic rings. The van der Waals surface area contributed by atoms with Gasteiger partial charge in [0.05, 0.1) is 12.0 Å². The Morgan fingerprint density at radius 1 is 1.36 bits per heavy atom. The Hall–Kier alpha value is -0.860. The van der Waals surface area contributed by atoms with Gasteiger partial charge in [-0.3, -0.25) is 9.59 Å². The van der Waals surface area contributed by atoms with Crippen molar-refractivity contribution in [3.05, 3.63) is 0 Å². The highest BCUT2D eigenvalue weighted by molar-refractivity contribution is 5.89. The summed E-state index contributed by atoms with van der Waals surface area (Å²) in [4.78, 5) is 23.0. The van der Waals surface area contributed by atoms with Gasteiger partial charge in [0.2, 0.25) is 0 Å². The van der Waals surface area contributed by atoms with Gasteiger partial charge in [0.25, 0.3) is 0 Å². The molecule has 3 nitrogen and oxygen atoms in total. The summed E-state index contributed by atoms with van der Waals surface area (Å²) in [5.41, 5.74) is -0.657. The zero-order valence-corrected chi connectivity index (χ0v) is 9.13. The van der Waals surface area contributed by atoms with E-state index in [1.54, 1.807) is 20.8 Å². The molecule has 1 saturated carbocycles. The van der Waals surface area contributed by atoms with Crippen LogP contribution in [0.1, 0.15) is 40.0 Å². The van der Waals surface area contributed by atoms with Gasteiger partial charge in [-0.25, -0.2) is 0 Å². The van der Waals surface area contributed by atoms with E-state index in [1.807, 2.05) is 0 Å². The summed E-state index contributed by atoms with van der Waals surface area (Å²) in [6, 6.07) is 0. The van der Waals surface area contributed by atoms with Crippen molar-refractivity contribution in [1.82, 2.24) is 0 Å². The summed E-state index contributed by atoms with van der Waals surface area (Å²) in [5.74, 6) is 0.167. The van der Waals surface area contributed by atoms with Crippen LogP contribution in [0, 0.1) is 11.3 Å². The number of carbonyl (C=O) groups excluding carboxylic acids is 2. The van der Waals surface area contributed by atoms with Crippen LogP contribution in [0.3, 0.4) is 0 Å². The predicted molar refractivity (Wildman–Crippen MR) is 52.8 cm³/mol. The number of rotatable bonds is 5. The molecule has 0 aromatic heterocycles. The SMILES string of the molecule is CCOC(=O)C(C)(C)CC(=O)C1CC1. The van der Waals surface area contributed by atoms with Crippen LogP contribution in [-0.4, -0.2) is 18.4 Å². The van der Waals surface area contributed by atoms with Crippen molar-refractivity contribution in [3.8, 4) is 0 Å². The highest BCUT2D eigenvalue weighted by atomic mass is 16.5. The predicted octanol–water partition coefficient (Wildman–Crippen LogP) is 1.94. The summed E-state index contributed by atoms with van der Waals surface area (Å²) >= 11 is 0. The molecule has 0 saturated heterocycles. The van der Waals surface area contributed by atoms with E-state index in [0.717, 1.165) is 12.8 Å². The third kappa shape index (κ3) is 2.82. The lowest BCUT2D eigenvalue weighted by atomic mass is 9.86. The van der Waals surface area contributed by atoms with Gasteiger partial charge in [0, 0.05) is 12.3 Å². The normalized spacial score (nSPS) is 16.5. The lowest BCUT2D eigenvalue weighted by Crippen LogP contribution is -2.29. The summed E-state index contributed by atoms with van der Waals surface area (Å²) in [6.07, 6.45) is 2.31. The molecule has 14 heavy (non-hydrogen) atoms. The molecule has 80 valence electrons. The molecule has 0 bridgehead atoms. The van der Waals surface area contributed by atoms with E-state index in [0.29, 0.717) is 13.0 Å². The van der Waals surface area contributed by atoms with E-state index < -0.39 is 5.41 Å². The maximum atomic E-state index is 11.5. The lowest BCUT2D eigenvalue weighted by Gasteiger charge is -2.21. The molecule has 1 fully saturated rings. The van der Waals surface area contributed by atoms with Crippen LogP contribution in [0.4, 0.5) is 0 Å². The number of hydrogen-bond acceptors (Lipinski definition) is 3. The molecule has 1 rings (SSSR count). The van der Waals surface area contributed by atoms with Gasteiger partial charge in [0.1, 0.15) is 5.78 Å². The highest BCUT2D eigenvalue weighted by Crippen LogP contribution is 2.35. The number of ketones is 1. The molecule has 0 radical (unpaired) electrons. The molecule has 0 aromatic carbocycles. The summed E-state index contributed by atoms with van der Waals surface area (Å²) in [5, 5.41) is 0. The smallest absolute Gasteiger partial charge is 0.311 e. The molecule has 0 unspecified atom stereocenters. The van der Waals surface area contributed by atoms with Crippen molar-refractivity contribution in [2.75, 3.05) is 6.61 Å². The fraction of sp³-hybridized carbons (Fsp3) is 0.818. The molecule has 0 atom stereocenters. The second-order valence-electron chi connectivity index (χ2n) is 4.52. The van der Waals surface area contributed by atoms with Gasteiger partial charge >= 0.3 is 5.97 Å². The lowest BCUT2D eigenvalue weighted by molar-refractivity contribution is -0.155. The van der Waals surface area contributed by atoms with Crippen molar-refractivity contribution in [2.24, 2.45) is 11.3 Å². The zero-order chi connectivity index (χ0) is 10.8. The minimum absolute atomic E-state index is 0.211. The molecule has 0 N–H and O–H groups in total. The first-order chi connectivity index (χ1) is 6.47. The van der Waals surface area contributed by atoms with Gasteiger partial charge in [0.15, 0.2) is 0 Å². The average molecular weight is 198 g/mol. The van der Waals surface area contributed by atoms with Crippen LogP contribution in [0.15, 0.2) is 0 Å². The van der Waals surface area contributed by atoms with E-state index in [1.165, 1.54) is 0 Å². The Bertz CT molecular complexity index is 239. The fourth-order valence-electron chi connectivity index (χ4n) is 1.38. The van der Waals surface area contributed by atoms with Crippen molar-refractivity contribution >= 4 is 11.8 Å². The van der Waals surface area contributed by atoms with Crippen LogP contribution < -0.4 is 0 Å². The van der Waals surface area contributed by atoms with Crippen LogP contribution in [-0.2, 0) is 14.3 Å². The van der Waals surface area contributed by atoms with Crippen LogP contribution in [0.25, 0.3) is 0 Å². The topological polar surface area (TPSA) is 43.4 Å². The van der Waals surface area contributed by atoms with Crippen LogP contribution >= 0.6 is 0 Å². The Kier molecular flexibility index (Phi) is 3.29. The number of hydrogen-bond donors (Lipinski definition) is 0. The molecule has 1 aliphatic carbocycles. The first kappa shape index (κ1) is 11.2. The van der Waals surface area contributed by atoms with Gasteiger partial charge in [-0.05, 0) is 33.6 Å². The van der Waals surface area contributed by atoms with Crippen molar-refractivity contribution in [3.63, 3.8) is 0 Å². The van der Waals surface area contributed by atoms with E-state index in [2.05, 4.69) is 0 Å². The minimum Gasteiger partial charge on any atom is -0.466 e. The number of esters is 1. The summed E-state index contributed by atoms with van der Waals surface area (Å²) < 4.78 is 4.92. The molecule has 0 amide bonds. The van der Waals surface area contributed by atoms with Crippen molar-refractivity contribution < 1.29 is 14.3 Å². The Labute approximate surface area is 84.8 Å². The van der Waals surface area contributed by atoms with E-state index in [-0.39, 0.29) is 17.7 Å². The average Bonchev–Trinajstić information content (AvgIpc) is 2.85. The Morgan fingerprint density at radius 3 is 2.36 bits per heavy atom. The quantitative estimate of drug-likeness (QED) is 0.634. The van der Waals surface area contributed by atoms with Crippen LogP contribution in [0.2, 0.25) is 0 Å². The van der Waals surface area contributed by atoms with Gasteiger partial charge in [-0.2, -0.15) is 0 Å². The molecule has 0 heterocycles. The minimum atomic E-state index is -0.657. The van der Waals surface area contributed by atoms with Crippen LogP contribution in [0.5, 0.6) is 0 Å². The molecule has 1 aliphatic rings. The standard InChI is InChI=1S/C11H18O3/c1-4-14-10(13)11(2,3)7-9(12)8-5-6-8/h8H,4-7H2,1-3H3. The van der Waals surface area contributed by atoms with Gasteiger partial charge in [-0.15, -0.1) is 0 Å². The number of Topliss-reactive ketones (excluding diaryl/α,β-unsaturated/α-hetero) is 1. The third-order valence-electron chi connectivity index (χ3n) is 2.48. The highest BCUT2D eigenvalue weighted by Gasteiger charge is 2.37. The molecular weight excluding hydrogens is 180 g/mol. The molecule has 0 aliphatic heterocycles. The zero-order valence-electron chi connectivity index (χ0n) is 9.13. The van der Waals surface area contributed by atoms with Gasteiger partial charge in [-0.1, -0.05) is 0 Å². The second-order valence-corrected chi connectivity index (χ2v) is 4.52. The van der Waals surface area contributed by atoms with E-state index >= 15 is 0 Å². The largest absolute Gasteiger partial charge is 0.466 e. The maximum absolute atomic E-state index is 11.5. The van der Waals surface area contributed by atoms with E-state index in [4.69, 9.17) is 4.74 Å². The fourth-order valence-corrected chi connectivity index (χ4v) is 1.38. The monoisotopic (exact) mass is 198 g/mol. The molecular formula is C11H18O3. The molecule has 0 spiro atoms. The second kappa shape index (κ2) is 4.11. The third-order valence-corrected chi connectivity index (χ3v) is 2.48. The first-order valence-corrected chi connectivity index (χ1v) is 5.17. The first-order valence-electron chi connectivity index (χ1n) is 5.17. The van der Waals surface area contributed by atoms with Gasteiger partial charge < -0.3 is 4.74 Å². The summed E-state index contributed by atoms with van der Waals surface area (Å²) in [6.45, 7) is 5.69. The van der Waals surface area contributed by atoms with Crippen molar-refractivity contribution in [1.29, 1.82) is 0 Å². The Balaban J connectivity index is 2.46. The van der Waals surface area contributed by atoms with Crippen molar-refractivity contribution in [2.45, 2.75) is 40.0 Å².